The lowest BCUT2D eigenvalue weighted by atomic mass is 10.1. The SMILES string of the molecule is Cc1ccccc1C(=O)N1CCN(S(=O)(=O)c2c(Cl)cccc2Cl)CC1. The molecule has 0 spiro atoms. The number of aryl methyl sites for hydroxylation is 1. The van der Waals surface area contributed by atoms with Gasteiger partial charge in [-0.15, -0.1) is 0 Å². The molecule has 0 saturated carbocycles. The maximum Gasteiger partial charge on any atom is 0.254 e. The number of hydrogen-bond donors (Lipinski definition) is 0. The lowest BCUT2D eigenvalue weighted by Gasteiger charge is -2.34. The second-order valence-electron chi connectivity index (χ2n) is 6.06. The van der Waals surface area contributed by atoms with Gasteiger partial charge in [-0.1, -0.05) is 47.5 Å². The van der Waals surface area contributed by atoms with E-state index < -0.39 is 10.0 Å². The molecule has 1 aliphatic rings. The number of carbonyl (C=O) groups excluding carboxylic acids is 1. The molecule has 3 rings (SSSR count). The topological polar surface area (TPSA) is 57.7 Å². The van der Waals surface area contributed by atoms with E-state index >= 15 is 0 Å². The van der Waals surface area contributed by atoms with Crippen LogP contribution >= 0.6 is 23.2 Å². The van der Waals surface area contributed by atoms with Crippen LogP contribution in [0, 0.1) is 6.92 Å². The predicted octanol–water partition coefficient (Wildman–Crippen LogP) is 3.45. The summed E-state index contributed by atoms with van der Waals surface area (Å²) in [6.45, 7) is 2.90. The number of amides is 1. The highest BCUT2D eigenvalue weighted by atomic mass is 35.5. The number of carbonyl (C=O) groups is 1. The fraction of sp³-hybridized carbons (Fsp3) is 0.278. The van der Waals surface area contributed by atoms with E-state index in [0.29, 0.717) is 18.7 Å². The van der Waals surface area contributed by atoms with Crippen LogP contribution in [0.15, 0.2) is 47.4 Å². The standard InChI is InChI=1S/C18H18Cl2N2O3S/c1-13-5-2-3-6-14(13)18(23)21-9-11-22(12-10-21)26(24,25)17-15(19)7-4-8-16(17)20/h2-8H,9-12H2,1H3. The van der Waals surface area contributed by atoms with Gasteiger partial charge in [0.25, 0.3) is 5.91 Å². The van der Waals surface area contributed by atoms with Gasteiger partial charge >= 0.3 is 0 Å². The summed E-state index contributed by atoms with van der Waals surface area (Å²) >= 11 is 12.1. The van der Waals surface area contributed by atoms with Crippen molar-refractivity contribution in [1.29, 1.82) is 0 Å². The zero-order valence-electron chi connectivity index (χ0n) is 14.2. The summed E-state index contributed by atoms with van der Waals surface area (Å²) in [6, 6.07) is 12.0. The average molecular weight is 413 g/mol. The first-order valence-corrected chi connectivity index (χ1v) is 10.3. The van der Waals surface area contributed by atoms with E-state index in [-0.39, 0.29) is 33.9 Å². The van der Waals surface area contributed by atoms with Crippen molar-refractivity contribution in [3.8, 4) is 0 Å². The van der Waals surface area contributed by atoms with Crippen LogP contribution in [-0.2, 0) is 10.0 Å². The Labute approximate surface area is 163 Å². The third kappa shape index (κ3) is 3.60. The Morgan fingerprint density at radius 3 is 2.08 bits per heavy atom. The number of piperazine rings is 1. The molecule has 2 aromatic carbocycles. The predicted molar refractivity (Wildman–Crippen MR) is 102 cm³/mol. The molecule has 0 radical (unpaired) electrons. The Kier molecular flexibility index (Phi) is 5.58. The van der Waals surface area contributed by atoms with Crippen molar-refractivity contribution in [3.05, 3.63) is 63.6 Å². The molecule has 1 heterocycles. The third-order valence-corrected chi connectivity index (χ3v) is 7.27. The summed E-state index contributed by atoms with van der Waals surface area (Å²) < 4.78 is 27.1. The maximum absolute atomic E-state index is 12.9. The Hall–Kier alpha value is -1.60. The van der Waals surface area contributed by atoms with E-state index in [9.17, 15) is 13.2 Å². The van der Waals surface area contributed by atoms with E-state index in [2.05, 4.69) is 0 Å². The summed E-state index contributed by atoms with van der Waals surface area (Å²) in [5.74, 6) is -0.0871. The molecule has 1 aliphatic heterocycles. The second-order valence-corrected chi connectivity index (χ2v) is 8.75. The van der Waals surface area contributed by atoms with Crippen LogP contribution in [0.5, 0.6) is 0 Å². The van der Waals surface area contributed by atoms with Gasteiger partial charge in [0.2, 0.25) is 10.0 Å². The molecule has 1 amide bonds. The molecule has 8 heteroatoms. The van der Waals surface area contributed by atoms with Crippen LogP contribution in [-0.4, -0.2) is 49.7 Å². The third-order valence-electron chi connectivity index (χ3n) is 4.42. The largest absolute Gasteiger partial charge is 0.336 e. The number of benzene rings is 2. The van der Waals surface area contributed by atoms with E-state index in [1.807, 2.05) is 25.1 Å². The van der Waals surface area contributed by atoms with Gasteiger partial charge in [0.1, 0.15) is 4.90 Å². The van der Waals surface area contributed by atoms with Gasteiger partial charge < -0.3 is 4.90 Å². The molecule has 0 aromatic heterocycles. The molecule has 0 aliphatic carbocycles. The molecule has 1 fully saturated rings. The normalized spacial score (nSPS) is 15.9. The van der Waals surface area contributed by atoms with Gasteiger partial charge in [-0.25, -0.2) is 8.42 Å². The molecule has 138 valence electrons. The molecule has 0 atom stereocenters. The van der Waals surface area contributed by atoms with Gasteiger partial charge in [0.15, 0.2) is 0 Å². The van der Waals surface area contributed by atoms with E-state index in [0.717, 1.165) is 5.56 Å². The highest BCUT2D eigenvalue weighted by molar-refractivity contribution is 7.89. The van der Waals surface area contributed by atoms with Gasteiger partial charge in [0.05, 0.1) is 10.0 Å². The highest BCUT2D eigenvalue weighted by Crippen LogP contribution is 2.32. The van der Waals surface area contributed by atoms with Gasteiger partial charge in [-0.05, 0) is 30.7 Å². The molecule has 0 bridgehead atoms. The number of nitrogens with zero attached hydrogens (tertiary/aromatic N) is 2. The van der Waals surface area contributed by atoms with Crippen molar-refractivity contribution in [2.75, 3.05) is 26.2 Å². The highest BCUT2D eigenvalue weighted by Gasteiger charge is 2.33. The Morgan fingerprint density at radius 2 is 1.50 bits per heavy atom. The Morgan fingerprint density at radius 1 is 0.923 bits per heavy atom. The van der Waals surface area contributed by atoms with Gasteiger partial charge in [-0.2, -0.15) is 4.31 Å². The number of hydrogen-bond acceptors (Lipinski definition) is 3. The summed E-state index contributed by atoms with van der Waals surface area (Å²) in [4.78, 5) is 14.3. The van der Waals surface area contributed by atoms with Crippen LogP contribution in [0.25, 0.3) is 0 Å². The first-order valence-electron chi connectivity index (χ1n) is 8.11. The minimum Gasteiger partial charge on any atom is -0.336 e. The van der Waals surface area contributed by atoms with Crippen LogP contribution < -0.4 is 0 Å². The summed E-state index contributed by atoms with van der Waals surface area (Å²) in [5.41, 5.74) is 1.54. The zero-order chi connectivity index (χ0) is 18.9. The first kappa shape index (κ1) is 19.2. The average Bonchev–Trinajstić information content (AvgIpc) is 2.61. The molecular formula is C18H18Cl2N2O3S. The summed E-state index contributed by atoms with van der Waals surface area (Å²) in [7, 11) is -3.81. The van der Waals surface area contributed by atoms with E-state index in [1.54, 1.807) is 17.0 Å². The molecule has 0 N–H and O–H groups in total. The first-order chi connectivity index (χ1) is 12.3. The fourth-order valence-corrected chi connectivity index (χ4v) is 5.49. The molecule has 26 heavy (non-hydrogen) atoms. The van der Waals surface area contributed by atoms with Crippen molar-refractivity contribution >= 4 is 39.1 Å². The van der Waals surface area contributed by atoms with Gasteiger partial charge in [0, 0.05) is 31.7 Å². The van der Waals surface area contributed by atoms with Crippen molar-refractivity contribution in [2.45, 2.75) is 11.8 Å². The molecule has 0 unspecified atom stereocenters. The number of halogens is 2. The maximum atomic E-state index is 12.9. The van der Waals surface area contributed by atoms with Crippen molar-refractivity contribution < 1.29 is 13.2 Å². The summed E-state index contributed by atoms with van der Waals surface area (Å²) in [6.07, 6.45) is 0. The van der Waals surface area contributed by atoms with Crippen LogP contribution in [0.2, 0.25) is 10.0 Å². The summed E-state index contributed by atoms with van der Waals surface area (Å²) in [5, 5.41) is 0.187. The van der Waals surface area contributed by atoms with Crippen molar-refractivity contribution in [1.82, 2.24) is 9.21 Å². The zero-order valence-corrected chi connectivity index (χ0v) is 16.5. The van der Waals surface area contributed by atoms with Crippen molar-refractivity contribution in [3.63, 3.8) is 0 Å². The smallest absolute Gasteiger partial charge is 0.254 e. The lowest BCUT2D eigenvalue weighted by molar-refractivity contribution is 0.0697. The van der Waals surface area contributed by atoms with Crippen LogP contribution in [0.4, 0.5) is 0 Å². The minimum absolute atomic E-state index is 0.0815. The Balaban J connectivity index is 1.76. The Bertz CT molecular complexity index is 919. The molecular weight excluding hydrogens is 395 g/mol. The fourth-order valence-electron chi connectivity index (χ4n) is 2.97. The monoisotopic (exact) mass is 412 g/mol. The molecule has 1 saturated heterocycles. The van der Waals surface area contributed by atoms with Crippen LogP contribution in [0.3, 0.4) is 0 Å². The van der Waals surface area contributed by atoms with Crippen LogP contribution in [0.1, 0.15) is 15.9 Å². The van der Waals surface area contributed by atoms with Gasteiger partial charge in [-0.3, -0.25) is 4.79 Å². The quantitative estimate of drug-likeness (QED) is 0.775. The molecule has 5 nitrogen and oxygen atoms in total. The minimum atomic E-state index is -3.81. The van der Waals surface area contributed by atoms with E-state index in [4.69, 9.17) is 23.2 Å². The van der Waals surface area contributed by atoms with E-state index in [1.165, 1.54) is 16.4 Å². The number of rotatable bonds is 3. The second kappa shape index (κ2) is 7.56. The number of sulfonamides is 1. The lowest BCUT2D eigenvalue weighted by Crippen LogP contribution is -2.50. The molecule has 2 aromatic rings. The van der Waals surface area contributed by atoms with Crippen molar-refractivity contribution in [2.24, 2.45) is 0 Å².